The number of rotatable bonds is 5. The lowest BCUT2D eigenvalue weighted by atomic mass is 10.1. The van der Waals surface area contributed by atoms with Gasteiger partial charge in [-0.25, -0.2) is 14.3 Å². The molecule has 1 aliphatic heterocycles. The molecule has 0 spiro atoms. The number of piperazine rings is 1. The zero-order valence-corrected chi connectivity index (χ0v) is 19.0. The van der Waals surface area contributed by atoms with Crippen LogP contribution in [0.3, 0.4) is 0 Å². The van der Waals surface area contributed by atoms with Crippen LogP contribution in [0.4, 0.5) is 30.5 Å². The molecule has 1 saturated heterocycles. The van der Waals surface area contributed by atoms with Crippen molar-refractivity contribution in [3.63, 3.8) is 0 Å². The summed E-state index contributed by atoms with van der Waals surface area (Å²) >= 11 is 1.54. The van der Waals surface area contributed by atoms with Gasteiger partial charge in [0, 0.05) is 49.5 Å². The summed E-state index contributed by atoms with van der Waals surface area (Å²) in [7, 11) is 1.62. The van der Waals surface area contributed by atoms with E-state index in [2.05, 4.69) is 20.4 Å². The highest BCUT2D eigenvalue weighted by Crippen LogP contribution is 2.36. The summed E-state index contributed by atoms with van der Waals surface area (Å²) in [5, 5.41) is 6.94. The van der Waals surface area contributed by atoms with Crippen LogP contribution in [-0.2, 0) is 18.0 Å². The van der Waals surface area contributed by atoms with Crippen LogP contribution >= 0.6 is 11.9 Å². The second kappa shape index (κ2) is 9.02. The summed E-state index contributed by atoms with van der Waals surface area (Å²) in [6.07, 6.45) is 0.903. The number of hydrogen-bond donors (Lipinski definition) is 1. The first-order valence-electron chi connectivity index (χ1n) is 10.1. The van der Waals surface area contributed by atoms with Gasteiger partial charge in [0.25, 0.3) is 0 Å². The third-order valence-electron chi connectivity index (χ3n) is 5.28. The largest absolute Gasteiger partial charge is 0.419 e. The minimum atomic E-state index is -4.60. The van der Waals surface area contributed by atoms with Crippen molar-refractivity contribution in [3.8, 4) is 11.3 Å². The highest BCUT2D eigenvalue weighted by Gasteiger charge is 2.36. The Morgan fingerprint density at radius 3 is 2.58 bits per heavy atom. The molecule has 33 heavy (non-hydrogen) atoms. The van der Waals surface area contributed by atoms with Gasteiger partial charge in [0.2, 0.25) is 11.9 Å². The number of nitrogens with one attached hydrogen (secondary N) is 1. The predicted octanol–water partition coefficient (Wildman–Crippen LogP) is 3.87. The molecule has 0 aliphatic carbocycles. The van der Waals surface area contributed by atoms with Gasteiger partial charge in [-0.05, 0) is 36.9 Å². The average Bonchev–Trinajstić information content (AvgIpc) is 3.20. The topological polar surface area (TPSA) is 79.2 Å². The molecule has 0 radical (unpaired) electrons. The van der Waals surface area contributed by atoms with E-state index in [-0.39, 0.29) is 23.1 Å². The molecule has 1 N–H and O–H groups in total. The monoisotopic (exact) mass is 477 g/mol. The molecule has 4 rings (SSSR count). The van der Waals surface area contributed by atoms with E-state index in [0.29, 0.717) is 18.8 Å². The molecular weight excluding hydrogens is 455 g/mol. The first-order valence-corrected chi connectivity index (χ1v) is 11.2. The maximum absolute atomic E-state index is 13.5. The summed E-state index contributed by atoms with van der Waals surface area (Å²) in [4.78, 5) is 22.2. The van der Waals surface area contributed by atoms with E-state index < -0.39 is 11.7 Å². The molecule has 1 aromatic carbocycles. The van der Waals surface area contributed by atoms with Crippen molar-refractivity contribution < 1.29 is 18.0 Å². The van der Waals surface area contributed by atoms with Crippen LogP contribution in [0.5, 0.6) is 0 Å². The Hall–Kier alpha value is -3.12. The van der Waals surface area contributed by atoms with Crippen molar-refractivity contribution in [2.75, 3.05) is 36.1 Å². The fraction of sp³-hybridized carbons (Fsp3) is 0.333. The molecule has 2 aromatic heterocycles. The van der Waals surface area contributed by atoms with Gasteiger partial charge in [-0.2, -0.15) is 18.3 Å². The number of nitrogens with zero attached hydrogens (tertiary/aromatic N) is 6. The Morgan fingerprint density at radius 1 is 1.18 bits per heavy atom. The van der Waals surface area contributed by atoms with E-state index >= 15 is 0 Å². The van der Waals surface area contributed by atoms with Crippen LogP contribution in [0.15, 0.2) is 36.8 Å². The predicted molar refractivity (Wildman–Crippen MR) is 121 cm³/mol. The number of benzene rings is 1. The molecule has 12 heteroatoms. The summed E-state index contributed by atoms with van der Waals surface area (Å²) in [5.74, 6) is 0.0465. The van der Waals surface area contributed by atoms with E-state index in [4.69, 9.17) is 0 Å². The van der Waals surface area contributed by atoms with Gasteiger partial charge in [0.15, 0.2) is 0 Å². The number of amides is 1. The molecule has 8 nitrogen and oxygen atoms in total. The van der Waals surface area contributed by atoms with Crippen molar-refractivity contribution in [1.29, 1.82) is 0 Å². The zero-order chi connectivity index (χ0) is 23.8. The van der Waals surface area contributed by atoms with Crippen LogP contribution in [0.1, 0.15) is 11.1 Å². The van der Waals surface area contributed by atoms with Gasteiger partial charge < -0.3 is 10.2 Å². The number of aryl methyl sites for hydroxylation is 2. The second-order valence-corrected chi connectivity index (χ2v) is 8.45. The van der Waals surface area contributed by atoms with Crippen molar-refractivity contribution in [2.24, 2.45) is 7.05 Å². The molecule has 3 aromatic rings. The normalized spacial score (nSPS) is 15.2. The molecule has 1 aliphatic rings. The lowest BCUT2D eigenvalue weighted by Gasteiger charge is -2.33. The van der Waals surface area contributed by atoms with Gasteiger partial charge in [-0.15, -0.1) is 0 Å². The standard InChI is InChI=1S/C21H22F3N7OS/c1-13-8-15(31-7-6-30(33-3)12-18(31)32)4-5-17(13)27-20-25-10-16(21(22,23)24)19(28-20)14-9-26-29(2)11-14/h4-5,8-11H,6-7,12H2,1-3H3,(H,25,27,28). The molecule has 0 bridgehead atoms. The summed E-state index contributed by atoms with van der Waals surface area (Å²) < 4.78 is 43.9. The van der Waals surface area contributed by atoms with Crippen LogP contribution in [0.2, 0.25) is 0 Å². The number of hydrogen-bond acceptors (Lipinski definition) is 7. The van der Waals surface area contributed by atoms with Gasteiger partial charge in [-0.3, -0.25) is 9.48 Å². The Labute approximate surface area is 192 Å². The maximum atomic E-state index is 13.5. The molecular formula is C21H22F3N7OS. The summed E-state index contributed by atoms with van der Waals surface area (Å²) in [6, 6.07) is 5.43. The van der Waals surface area contributed by atoms with Crippen LogP contribution < -0.4 is 10.2 Å². The van der Waals surface area contributed by atoms with Crippen molar-refractivity contribution in [1.82, 2.24) is 24.1 Å². The molecule has 0 unspecified atom stereocenters. The van der Waals surface area contributed by atoms with Crippen molar-refractivity contribution in [2.45, 2.75) is 13.1 Å². The number of carbonyl (C=O) groups is 1. The average molecular weight is 478 g/mol. The van der Waals surface area contributed by atoms with Gasteiger partial charge >= 0.3 is 6.18 Å². The highest BCUT2D eigenvalue weighted by atomic mass is 32.2. The maximum Gasteiger partial charge on any atom is 0.419 e. The number of anilines is 3. The Balaban J connectivity index is 1.60. The van der Waals surface area contributed by atoms with Crippen molar-refractivity contribution >= 4 is 35.2 Å². The SMILES string of the molecule is CSN1CCN(c2ccc(Nc3ncc(C(F)(F)F)c(-c4cnn(C)c4)n3)c(C)c2)C(=O)C1. The highest BCUT2D eigenvalue weighted by molar-refractivity contribution is 7.96. The van der Waals surface area contributed by atoms with Crippen LogP contribution in [-0.4, -0.2) is 55.9 Å². The number of carbonyl (C=O) groups excluding carboxylic acids is 1. The van der Waals surface area contributed by atoms with E-state index in [0.717, 1.165) is 24.0 Å². The minimum Gasteiger partial charge on any atom is -0.324 e. The summed E-state index contributed by atoms with van der Waals surface area (Å²) in [5.41, 5.74) is 1.26. The van der Waals surface area contributed by atoms with Crippen molar-refractivity contribution in [3.05, 3.63) is 47.9 Å². The molecule has 0 saturated carbocycles. The third kappa shape index (κ3) is 4.96. The lowest BCUT2D eigenvalue weighted by Crippen LogP contribution is -2.47. The Morgan fingerprint density at radius 2 is 1.97 bits per heavy atom. The number of halogens is 3. The number of aromatic nitrogens is 4. The van der Waals surface area contributed by atoms with E-state index in [1.165, 1.54) is 17.1 Å². The lowest BCUT2D eigenvalue weighted by molar-refractivity contribution is -0.137. The minimum absolute atomic E-state index is 0.0166. The fourth-order valence-corrected chi connectivity index (χ4v) is 4.07. The van der Waals surface area contributed by atoms with Crippen LogP contribution in [0, 0.1) is 6.92 Å². The molecule has 1 amide bonds. The molecule has 174 valence electrons. The Kier molecular flexibility index (Phi) is 6.30. The van der Waals surface area contributed by atoms with Gasteiger partial charge in [0.1, 0.15) is 5.56 Å². The summed E-state index contributed by atoms with van der Waals surface area (Å²) in [6.45, 7) is 3.54. The van der Waals surface area contributed by atoms with E-state index in [1.54, 1.807) is 36.0 Å². The van der Waals surface area contributed by atoms with Crippen LogP contribution in [0.25, 0.3) is 11.3 Å². The smallest absolute Gasteiger partial charge is 0.324 e. The molecule has 3 heterocycles. The first kappa shape index (κ1) is 23.1. The molecule has 0 atom stereocenters. The zero-order valence-electron chi connectivity index (χ0n) is 18.2. The first-order chi connectivity index (χ1) is 15.7. The van der Waals surface area contributed by atoms with E-state index in [9.17, 15) is 18.0 Å². The quantitative estimate of drug-likeness (QED) is 0.559. The number of alkyl halides is 3. The van der Waals surface area contributed by atoms with E-state index in [1.807, 2.05) is 23.6 Å². The third-order valence-corrected chi connectivity index (χ3v) is 6.11. The second-order valence-electron chi connectivity index (χ2n) is 7.57. The van der Waals surface area contributed by atoms with Gasteiger partial charge in [-0.1, -0.05) is 11.9 Å². The molecule has 1 fully saturated rings. The van der Waals surface area contributed by atoms with Gasteiger partial charge in [0.05, 0.1) is 18.4 Å². The Bertz CT molecular complexity index is 1180. The fourth-order valence-electron chi connectivity index (χ4n) is 3.57.